The lowest BCUT2D eigenvalue weighted by Gasteiger charge is -2.31. The fourth-order valence-electron chi connectivity index (χ4n) is 3.26. The number of nitrogens with zero attached hydrogens (tertiary/aromatic N) is 1. The van der Waals surface area contributed by atoms with E-state index in [1.807, 2.05) is 63.2 Å². The molecule has 0 saturated heterocycles. The lowest BCUT2D eigenvalue weighted by Crippen LogP contribution is -2.52. The van der Waals surface area contributed by atoms with Crippen LogP contribution in [0, 0.1) is 0 Å². The van der Waals surface area contributed by atoms with Gasteiger partial charge in [-0.1, -0.05) is 67.9 Å². The van der Waals surface area contributed by atoms with Crippen molar-refractivity contribution in [3.05, 3.63) is 70.7 Å². The highest BCUT2D eigenvalue weighted by Gasteiger charge is 2.28. The van der Waals surface area contributed by atoms with E-state index in [2.05, 4.69) is 17.4 Å². The standard InChI is InChI=1S/C25H33ClN2O2S/c1-4-19(3)27-25(30)23(5-2)28(16-15-20-9-7-6-8-10-20)24(29)18-31-17-21-11-13-22(26)14-12-21/h6-14,19,23H,4-5,15-18H2,1-3H3,(H,27,30)/t19-,23-/m1/s1. The number of nitrogens with one attached hydrogen (secondary N) is 1. The van der Waals surface area contributed by atoms with Crippen molar-refractivity contribution in [1.29, 1.82) is 0 Å². The Morgan fingerprint density at radius 1 is 1.00 bits per heavy atom. The van der Waals surface area contributed by atoms with Gasteiger partial charge in [-0.25, -0.2) is 0 Å². The number of hydrogen-bond donors (Lipinski definition) is 1. The highest BCUT2D eigenvalue weighted by atomic mass is 35.5. The van der Waals surface area contributed by atoms with Crippen LogP contribution in [-0.4, -0.2) is 41.1 Å². The summed E-state index contributed by atoms with van der Waals surface area (Å²) in [4.78, 5) is 27.8. The molecule has 2 amide bonds. The molecule has 0 aliphatic rings. The van der Waals surface area contributed by atoms with E-state index in [9.17, 15) is 9.59 Å². The van der Waals surface area contributed by atoms with Crippen LogP contribution >= 0.6 is 23.4 Å². The summed E-state index contributed by atoms with van der Waals surface area (Å²) in [5, 5.41) is 3.75. The normalized spacial score (nSPS) is 12.8. The fourth-order valence-corrected chi connectivity index (χ4v) is 4.25. The van der Waals surface area contributed by atoms with E-state index < -0.39 is 6.04 Å². The van der Waals surface area contributed by atoms with Crippen molar-refractivity contribution >= 4 is 35.2 Å². The SMILES string of the molecule is CC[C@@H](C)NC(=O)[C@@H](CC)N(CCc1ccccc1)C(=O)CSCc1ccc(Cl)cc1. The molecule has 2 aromatic carbocycles. The lowest BCUT2D eigenvalue weighted by atomic mass is 10.1. The van der Waals surface area contributed by atoms with Gasteiger partial charge in [0.15, 0.2) is 0 Å². The number of thioether (sulfide) groups is 1. The van der Waals surface area contributed by atoms with E-state index in [0.29, 0.717) is 23.7 Å². The van der Waals surface area contributed by atoms with E-state index in [1.165, 1.54) is 0 Å². The molecule has 0 aromatic heterocycles. The van der Waals surface area contributed by atoms with Crippen LogP contribution in [0.15, 0.2) is 54.6 Å². The fraction of sp³-hybridized carbons (Fsp3) is 0.440. The van der Waals surface area contributed by atoms with Gasteiger partial charge < -0.3 is 10.2 Å². The van der Waals surface area contributed by atoms with Crippen LogP contribution in [0.4, 0.5) is 0 Å². The zero-order chi connectivity index (χ0) is 22.6. The average Bonchev–Trinajstić information content (AvgIpc) is 2.78. The minimum Gasteiger partial charge on any atom is -0.352 e. The van der Waals surface area contributed by atoms with E-state index in [-0.39, 0.29) is 17.9 Å². The molecule has 0 aliphatic carbocycles. The van der Waals surface area contributed by atoms with Crippen molar-refractivity contribution in [1.82, 2.24) is 10.2 Å². The van der Waals surface area contributed by atoms with Crippen LogP contribution < -0.4 is 5.32 Å². The minimum atomic E-state index is -0.457. The third-order valence-corrected chi connectivity index (χ3v) is 6.52. The maximum absolute atomic E-state index is 13.2. The molecule has 0 radical (unpaired) electrons. The molecule has 31 heavy (non-hydrogen) atoms. The average molecular weight is 461 g/mol. The van der Waals surface area contributed by atoms with Gasteiger partial charge in [-0.15, -0.1) is 11.8 Å². The number of carbonyl (C=O) groups is 2. The van der Waals surface area contributed by atoms with Gasteiger partial charge in [0.2, 0.25) is 11.8 Å². The second kappa shape index (κ2) is 13.4. The first kappa shape index (κ1) is 25.3. The Balaban J connectivity index is 2.05. The van der Waals surface area contributed by atoms with Gasteiger partial charge in [0, 0.05) is 23.4 Å². The third-order valence-electron chi connectivity index (χ3n) is 5.28. The van der Waals surface area contributed by atoms with Gasteiger partial charge >= 0.3 is 0 Å². The molecule has 0 heterocycles. The smallest absolute Gasteiger partial charge is 0.243 e. The number of amides is 2. The molecule has 0 fully saturated rings. The lowest BCUT2D eigenvalue weighted by molar-refractivity contribution is -0.139. The van der Waals surface area contributed by atoms with Crippen LogP contribution in [-0.2, 0) is 21.8 Å². The van der Waals surface area contributed by atoms with E-state index >= 15 is 0 Å². The van der Waals surface area contributed by atoms with Crippen molar-refractivity contribution in [2.24, 2.45) is 0 Å². The van der Waals surface area contributed by atoms with Gasteiger partial charge in [-0.05, 0) is 49.4 Å². The molecule has 2 atom stereocenters. The first-order valence-corrected chi connectivity index (χ1v) is 12.4. The Labute approximate surface area is 195 Å². The maximum atomic E-state index is 13.2. The highest BCUT2D eigenvalue weighted by Crippen LogP contribution is 2.17. The Morgan fingerprint density at radius 2 is 1.68 bits per heavy atom. The number of halogens is 1. The largest absolute Gasteiger partial charge is 0.352 e. The van der Waals surface area contributed by atoms with Gasteiger partial charge in [-0.3, -0.25) is 9.59 Å². The summed E-state index contributed by atoms with van der Waals surface area (Å²) >= 11 is 7.51. The Kier molecular flexibility index (Phi) is 11.0. The molecule has 2 aromatic rings. The molecular formula is C25H33ClN2O2S. The monoisotopic (exact) mass is 460 g/mol. The number of rotatable bonds is 12. The van der Waals surface area contributed by atoms with Crippen LogP contribution in [0.3, 0.4) is 0 Å². The highest BCUT2D eigenvalue weighted by molar-refractivity contribution is 7.99. The van der Waals surface area contributed by atoms with Gasteiger partial charge in [0.25, 0.3) is 0 Å². The van der Waals surface area contributed by atoms with Gasteiger partial charge in [0.1, 0.15) is 6.04 Å². The molecule has 1 N–H and O–H groups in total. The van der Waals surface area contributed by atoms with Crippen LogP contribution in [0.25, 0.3) is 0 Å². The molecule has 2 rings (SSSR count). The van der Waals surface area contributed by atoms with Crippen molar-refractivity contribution in [2.75, 3.05) is 12.3 Å². The van der Waals surface area contributed by atoms with Crippen LogP contribution in [0.5, 0.6) is 0 Å². The van der Waals surface area contributed by atoms with Gasteiger partial charge in [-0.2, -0.15) is 0 Å². The zero-order valence-corrected chi connectivity index (χ0v) is 20.2. The van der Waals surface area contributed by atoms with Crippen molar-refractivity contribution < 1.29 is 9.59 Å². The number of carbonyl (C=O) groups excluding carboxylic acids is 2. The summed E-state index contributed by atoms with van der Waals surface area (Å²) in [6.45, 7) is 6.52. The number of hydrogen-bond acceptors (Lipinski definition) is 3. The van der Waals surface area contributed by atoms with Crippen molar-refractivity contribution in [3.63, 3.8) is 0 Å². The van der Waals surface area contributed by atoms with Crippen LogP contribution in [0.2, 0.25) is 5.02 Å². The maximum Gasteiger partial charge on any atom is 0.243 e. The molecule has 0 spiro atoms. The molecule has 4 nitrogen and oxygen atoms in total. The second-order valence-corrected chi connectivity index (χ2v) is 9.11. The first-order valence-electron chi connectivity index (χ1n) is 10.9. The topological polar surface area (TPSA) is 49.4 Å². The minimum absolute atomic E-state index is 0.000969. The molecule has 0 bridgehead atoms. The molecule has 0 saturated carbocycles. The summed E-state index contributed by atoms with van der Waals surface area (Å²) < 4.78 is 0. The molecule has 168 valence electrons. The number of benzene rings is 2. The Morgan fingerprint density at radius 3 is 2.29 bits per heavy atom. The summed E-state index contributed by atoms with van der Waals surface area (Å²) in [7, 11) is 0. The third kappa shape index (κ3) is 8.58. The molecule has 0 unspecified atom stereocenters. The molecule has 0 aliphatic heterocycles. The zero-order valence-electron chi connectivity index (χ0n) is 18.6. The first-order chi connectivity index (χ1) is 14.9. The quantitative estimate of drug-likeness (QED) is 0.465. The summed E-state index contributed by atoms with van der Waals surface area (Å²) in [5.41, 5.74) is 2.28. The summed E-state index contributed by atoms with van der Waals surface area (Å²) in [5.74, 6) is 0.998. The Bertz CT molecular complexity index is 814. The molecule has 6 heteroatoms. The van der Waals surface area contributed by atoms with Crippen LogP contribution in [0.1, 0.15) is 44.7 Å². The second-order valence-electron chi connectivity index (χ2n) is 7.68. The summed E-state index contributed by atoms with van der Waals surface area (Å²) in [6.07, 6.45) is 2.17. The Hall–Kier alpha value is -1.98. The van der Waals surface area contributed by atoms with Crippen molar-refractivity contribution in [3.8, 4) is 0 Å². The van der Waals surface area contributed by atoms with E-state index in [4.69, 9.17) is 11.6 Å². The summed E-state index contributed by atoms with van der Waals surface area (Å²) in [6, 6.07) is 17.4. The molecular weight excluding hydrogens is 428 g/mol. The van der Waals surface area contributed by atoms with E-state index in [1.54, 1.807) is 16.7 Å². The predicted molar refractivity (Wildman–Crippen MR) is 131 cm³/mol. The van der Waals surface area contributed by atoms with E-state index in [0.717, 1.165) is 29.7 Å². The van der Waals surface area contributed by atoms with Crippen molar-refractivity contribution in [2.45, 2.75) is 57.9 Å². The predicted octanol–water partition coefficient (Wildman–Crippen LogP) is 5.34. The van der Waals surface area contributed by atoms with Gasteiger partial charge in [0.05, 0.1) is 5.75 Å².